The van der Waals surface area contributed by atoms with Crippen LogP contribution in [0.3, 0.4) is 0 Å². The highest BCUT2D eigenvalue weighted by Gasteiger charge is 2.12. The topological polar surface area (TPSA) is 25.8 Å². The lowest BCUT2D eigenvalue weighted by Gasteiger charge is -2.08. The van der Waals surface area contributed by atoms with Crippen molar-refractivity contribution in [2.24, 2.45) is 0 Å². The van der Waals surface area contributed by atoms with Gasteiger partial charge in [-0.25, -0.2) is 9.97 Å². The third kappa shape index (κ3) is 3.26. The van der Waals surface area contributed by atoms with Crippen molar-refractivity contribution in [1.29, 1.82) is 0 Å². The first kappa shape index (κ1) is 14.3. The van der Waals surface area contributed by atoms with Crippen LogP contribution < -0.4 is 0 Å². The van der Waals surface area contributed by atoms with Crippen LogP contribution in [-0.4, -0.2) is 9.97 Å². The van der Waals surface area contributed by atoms with Crippen LogP contribution in [0.15, 0.2) is 18.2 Å². The molecule has 0 saturated carbocycles. The molecule has 19 heavy (non-hydrogen) atoms. The monoisotopic (exact) mass is 294 g/mol. The minimum absolute atomic E-state index is 0.455. The molecule has 0 aliphatic heterocycles. The smallest absolute Gasteiger partial charge is 0.162 e. The van der Waals surface area contributed by atoms with Crippen LogP contribution in [0.5, 0.6) is 0 Å². The lowest BCUT2D eigenvalue weighted by atomic mass is 10.1. The Morgan fingerprint density at radius 1 is 0.947 bits per heavy atom. The molecule has 2 aromatic rings. The van der Waals surface area contributed by atoms with Gasteiger partial charge in [0, 0.05) is 11.1 Å². The van der Waals surface area contributed by atoms with E-state index in [1.54, 1.807) is 0 Å². The van der Waals surface area contributed by atoms with Crippen LogP contribution in [0, 0.1) is 13.8 Å². The molecule has 0 unspecified atom stereocenters. The van der Waals surface area contributed by atoms with Gasteiger partial charge in [0.25, 0.3) is 0 Å². The van der Waals surface area contributed by atoms with Gasteiger partial charge in [-0.2, -0.15) is 0 Å². The molecule has 2 nitrogen and oxygen atoms in total. The molecular formula is C15H16Cl2N2. The standard InChI is InChI=1S/C15H16Cl2N2/c1-4-5-12-13(16)18-15(19-14(12)17)11-7-9(2)6-10(3)8-11/h6-8H,4-5H2,1-3H3. The zero-order valence-corrected chi connectivity index (χ0v) is 12.8. The largest absolute Gasteiger partial charge is 0.216 e. The minimum atomic E-state index is 0.455. The number of benzene rings is 1. The van der Waals surface area contributed by atoms with Crippen LogP contribution >= 0.6 is 23.2 Å². The fourth-order valence-corrected chi connectivity index (χ4v) is 2.70. The molecule has 0 radical (unpaired) electrons. The summed E-state index contributed by atoms with van der Waals surface area (Å²) in [5, 5.41) is 0.909. The number of hydrogen-bond acceptors (Lipinski definition) is 2. The van der Waals surface area contributed by atoms with E-state index in [1.807, 2.05) is 26.0 Å². The van der Waals surface area contributed by atoms with Gasteiger partial charge in [-0.3, -0.25) is 0 Å². The van der Waals surface area contributed by atoms with E-state index in [4.69, 9.17) is 23.2 Å². The fraction of sp³-hybridized carbons (Fsp3) is 0.333. The van der Waals surface area contributed by atoms with E-state index in [9.17, 15) is 0 Å². The second kappa shape index (κ2) is 5.89. The molecular weight excluding hydrogens is 279 g/mol. The average Bonchev–Trinajstić information content (AvgIpc) is 2.32. The Morgan fingerprint density at radius 3 is 1.95 bits per heavy atom. The first-order chi connectivity index (χ1) is 9.01. The highest BCUT2D eigenvalue weighted by atomic mass is 35.5. The van der Waals surface area contributed by atoms with Gasteiger partial charge in [0.1, 0.15) is 10.3 Å². The molecule has 4 heteroatoms. The van der Waals surface area contributed by atoms with Crippen molar-refractivity contribution in [1.82, 2.24) is 9.97 Å². The number of nitrogens with zero attached hydrogens (tertiary/aromatic N) is 2. The van der Waals surface area contributed by atoms with Gasteiger partial charge in [-0.1, -0.05) is 53.7 Å². The van der Waals surface area contributed by atoms with Crippen molar-refractivity contribution in [2.75, 3.05) is 0 Å². The summed E-state index contributed by atoms with van der Waals surface area (Å²) in [5.74, 6) is 0.585. The molecule has 0 fully saturated rings. The number of hydrogen-bond donors (Lipinski definition) is 0. The summed E-state index contributed by atoms with van der Waals surface area (Å²) in [4.78, 5) is 8.75. The summed E-state index contributed by atoms with van der Waals surface area (Å²) in [5.41, 5.74) is 4.12. The second-order valence-electron chi connectivity index (χ2n) is 4.73. The first-order valence-corrected chi connectivity index (χ1v) is 7.07. The lowest BCUT2D eigenvalue weighted by molar-refractivity contribution is 0.903. The molecule has 0 bridgehead atoms. The van der Waals surface area contributed by atoms with Gasteiger partial charge in [0.2, 0.25) is 0 Å². The Morgan fingerprint density at radius 2 is 1.47 bits per heavy atom. The number of rotatable bonds is 3. The number of aromatic nitrogens is 2. The van der Waals surface area contributed by atoms with Crippen molar-refractivity contribution in [3.8, 4) is 11.4 Å². The van der Waals surface area contributed by atoms with Gasteiger partial charge in [0.05, 0.1) is 0 Å². The van der Waals surface area contributed by atoms with E-state index in [0.29, 0.717) is 16.1 Å². The van der Waals surface area contributed by atoms with Crippen LogP contribution in [0.2, 0.25) is 10.3 Å². The highest BCUT2D eigenvalue weighted by molar-refractivity contribution is 6.34. The van der Waals surface area contributed by atoms with Crippen molar-refractivity contribution >= 4 is 23.2 Å². The molecule has 1 aromatic carbocycles. The molecule has 100 valence electrons. The molecule has 0 N–H and O–H groups in total. The van der Waals surface area contributed by atoms with Crippen molar-refractivity contribution < 1.29 is 0 Å². The van der Waals surface area contributed by atoms with Gasteiger partial charge in [-0.15, -0.1) is 0 Å². The molecule has 2 rings (SSSR count). The number of halogens is 2. The van der Waals surface area contributed by atoms with E-state index >= 15 is 0 Å². The van der Waals surface area contributed by atoms with Gasteiger partial charge < -0.3 is 0 Å². The summed E-state index contributed by atoms with van der Waals surface area (Å²) in [6.45, 7) is 6.17. The first-order valence-electron chi connectivity index (χ1n) is 6.32. The summed E-state index contributed by atoms with van der Waals surface area (Å²) < 4.78 is 0. The van der Waals surface area contributed by atoms with Gasteiger partial charge >= 0.3 is 0 Å². The van der Waals surface area contributed by atoms with E-state index in [2.05, 4.69) is 23.0 Å². The van der Waals surface area contributed by atoms with Crippen LogP contribution in [0.4, 0.5) is 0 Å². The normalized spacial score (nSPS) is 10.8. The molecule has 0 aliphatic rings. The predicted molar refractivity (Wildman–Crippen MR) is 81.0 cm³/mol. The predicted octanol–water partition coefficient (Wildman–Crippen LogP) is 5.02. The van der Waals surface area contributed by atoms with E-state index in [0.717, 1.165) is 24.0 Å². The summed E-state index contributed by atoms with van der Waals surface area (Å²) in [6.07, 6.45) is 1.76. The Hall–Kier alpha value is -1.12. The molecule has 1 heterocycles. The van der Waals surface area contributed by atoms with Crippen molar-refractivity contribution in [2.45, 2.75) is 33.6 Å². The van der Waals surface area contributed by atoms with Gasteiger partial charge in [-0.05, 0) is 32.4 Å². The van der Waals surface area contributed by atoms with Crippen LogP contribution in [0.1, 0.15) is 30.0 Å². The van der Waals surface area contributed by atoms with Crippen LogP contribution in [0.25, 0.3) is 11.4 Å². The SMILES string of the molecule is CCCc1c(Cl)nc(-c2cc(C)cc(C)c2)nc1Cl. The Bertz CT molecular complexity index is 566. The maximum atomic E-state index is 6.21. The molecule has 0 spiro atoms. The van der Waals surface area contributed by atoms with E-state index < -0.39 is 0 Å². The van der Waals surface area contributed by atoms with Crippen molar-refractivity contribution in [3.63, 3.8) is 0 Å². The summed E-state index contributed by atoms with van der Waals surface area (Å²) >= 11 is 12.4. The third-order valence-electron chi connectivity index (χ3n) is 2.89. The van der Waals surface area contributed by atoms with E-state index in [-0.39, 0.29) is 0 Å². The van der Waals surface area contributed by atoms with Crippen LogP contribution in [-0.2, 0) is 6.42 Å². The Kier molecular flexibility index (Phi) is 4.43. The summed E-state index contributed by atoms with van der Waals surface area (Å²) in [6, 6.07) is 6.18. The molecule has 1 aromatic heterocycles. The zero-order valence-electron chi connectivity index (χ0n) is 11.3. The molecule has 0 atom stereocenters. The van der Waals surface area contributed by atoms with E-state index in [1.165, 1.54) is 11.1 Å². The van der Waals surface area contributed by atoms with Gasteiger partial charge in [0.15, 0.2) is 5.82 Å². The number of aryl methyl sites for hydroxylation is 2. The zero-order chi connectivity index (χ0) is 14.0. The Balaban J connectivity index is 2.51. The lowest BCUT2D eigenvalue weighted by Crippen LogP contribution is -1.98. The maximum Gasteiger partial charge on any atom is 0.162 e. The molecule has 0 saturated heterocycles. The Labute approximate surface area is 123 Å². The summed E-state index contributed by atoms with van der Waals surface area (Å²) in [7, 11) is 0. The second-order valence-corrected chi connectivity index (χ2v) is 5.45. The minimum Gasteiger partial charge on any atom is -0.216 e. The fourth-order valence-electron chi connectivity index (χ4n) is 2.12. The molecule has 0 amide bonds. The average molecular weight is 295 g/mol. The maximum absolute atomic E-state index is 6.21. The molecule has 0 aliphatic carbocycles. The van der Waals surface area contributed by atoms with Crippen molar-refractivity contribution in [3.05, 3.63) is 45.2 Å². The quantitative estimate of drug-likeness (QED) is 0.743. The third-order valence-corrected chi connectivity index (χ3v) is 3.51. The highest BCUT2D eigenvalue weighted by Crippen LogP contribution is 2.27.